The van der Waals surface area contributed by atoms with Crippen molar-refractivity contribution in [1.29, 1.82) is 0 Å². The van der Waals surface area contributed by atoms with Gasteiger partial charge in [0.15, 0.2) is 5.43 Å². The number of hydrogen-bond acceptors (Lipinski definition) is 5. The van der Waals surface area contributed by atoms with Crippen molar-refractivity contribution in [3.05, 3.63) is 98.5 Å². The van der Waals surface area contributed by atoms with Crippen LogP contribution in [0.15, 0.2) is 63.9 Å². The third-order valence-corrected chi connectivity index (χ3v) is 6.04. The predicted molar refractivity (Wildman–Crippen MR) is 123 cm³/mol. The molecule has 1 aliphatic heterocycles. The average molecular weight is 426 g/mol. The van der Waals surface area contributed by atoms with Gasteiger partial charge in [0.25, 0.3) is 5.91 Å². The molecule has 0 saturated carbocycles. The molecule has 0 saturated heterocycles. The van der Waals surface area contributed by atoms with Crippen molar-refractivity contribution < 1.29 is 13.9 Å². The minimum absolute atomic E-state index is 0.0573. The van der Waals surface area contributed by atoms with Crippen molar-refractivity contribution in [2.75, 3.05) is 12.0 Å². The van der Waals surface area contributed by atoms with Gasteiger partial charge in [0.1, 0.15) is 17.2 Å². The fraction of sp³-hybridized carbons (Fsp3) is 0.192. The Kier molecular flexibility index (Phi) is 4.59. The van der Waals surface area contributed by atoms with E-state index in [2.05, 4.69) is 4.98 Å². The van der Waals surface area contributed by atoms with Crippen molar-refractivity contribution in [2.24, 2.45) is 0 Å². The number of pyridine rings is 1. The molecule has 0 bridgehead atoms. The molecule has 32 heavy (non-hydrogen) atoms. The van der Waals surface area contributed by atoms with Gasteiger partial charge < -0.3 is 9.15 Å². The van der Waals surface area contributed by atoms with E-state index in [0.717, 1.165) is 22.3 Å². The second-order valence-corrected chi connectivity index (χ2v) is 8.15. The van der Waals surface area contributed by atoms with E-state index in [1.807, 2.05) is 69.3 Å². The highest BCUT2D eigenvalue weighted by molar-refractivity contribution is 6.10. The Hall–Kier alpha value is -3.93. The van der Waals surface area contributed by atoms with Crippen molar-refractivity contribution in [1.82, 2.24) is 4.98 Å². The Morgan fingerprint density at radius 1 is 1.00 bits per heavy atom. The van der Waals surface area contributed by atoms with Crippen LogP contribution in [0.25, 0.3) is 11.0 Å². The molecule has 3 heterocycles. The van der Waals surface area contributed by atoms with Crippen LogP contribution in [0, 0.1) is 20.8 Å². The van der Waals surface area contributed by atoms with Gasteiger partial charge in [-0.2, -0.15) is 0 Å². The summed E-state index contributed by atoms with van der Waals surface area (Å²) in [5.74, 6) is 0.771. The number of methoxy groups -OCH3 is 1. The van der Waals surface area contributed by atoms with E-state index >= 15 is 0 Å². The summed E-state index contributed by atoms with van der Waals surface area (Å²) in [6.45, 7) is 5.84. The second kappa shape index (κ2) is 7.34. The maximum Gasteiger partial charge on any atom is 0.296 e. The molecule has 1 unspecified atom stereocenters. The molecule has 5 rings (SSSR count). The highest BCUT2D eigenvalue weighted by atomic mass is 16.5. The van der Waals surface area contributed by atoms with Gasteiger partial charge in [-0.15, -0.1) is 0 Å². The van der Waals surface area contributed by atoms with Gasteiger partial charge in [-0.05, 0) is 79.4 Å². The number of amides is 1. The highest BCUT2D eigenvalue weighted by Crippen LogP contribution is 2.41. The molecule has 0 spiro atoms. The number of aromatic nitrogens is 1. The van der Waals surface area contributed by atoms with Gasteiger partial charge in [-0.1, -0.05) is 12.1 Å². The number of anilines is 1. The molecular weight excluding hydrogens is 404 g/mol. The molecule has 4 aromatic rings. The van der Waals surface area contributed by atoms with Crippen LogP contribution in [0.4, 0.5) is 5.82 Å². The number of benzene rings is 2. The largest absolute Gasteiger partial charge is 0.497 e. The van der Waals surface area contributed by atoms with Gasteiger partial charge in [-0.3, -0.25) is 14.5 Å². The summed E-state index contributed by atoms with van der Waals surface area (Å²) in [7, 11) is 1.58. The van der Waals surface area contributed by atoms with E-state index in [1.165, 1.54) is 4.90 Å². The number of nitrogens with zero attached hydrogens (tertiary/aromatic N) is 2. The van der Waals surface area contributed by atoms with Crippen LogP contribution in [0.5, 0.6) is 5.75 Å². The molecule has 1 amide bonds. The molecular formula is C26H22N2O4. The average Bonchev–Trinajstić information content (AvgIpc) is 3.08. The zero-order chi connectivity index (χ0) is 22.6. The number of carbonyl (C=O) groups is 1. The van der Waals surface area contributed by atoms with Crippen molar-refractivity contribution >= 4 is 22.7 Å². The number of ether oxygens (including phenoxy) is 1. The number of carbonyl (C=O) groups excluding carboxylic acids is 1. The minimum Gasteiger partial charge on any atom is -0.497 e. The molecule has 0 radical (unpaired) electrons. The smallest absolute Gasteiger partial charge is 0.296 e. The monoisotopic (exact) mass is 426 g/mol. The SMILES string of the molecule is COc1cccc(C2c3c(oc4cc(C)c(C)cc4c3=O)C(=O)N2c2cc(C)ccn2)c1. The lowest BCUT2D eigenvalue weighted by atomic mass is 9.97. The Balaban J connectivity index is 1.84. The lowest BCUT2D eigenvalue weighted by molar-refractivity contribution is 0.0970. The molecule has 1 atom stereocenters. The molecule has 160 valence electrons. The van der Waals surface area contributed by atoms with Crippen LogP contribution in [-0.2, 0) is 0 Å². The fourth-order valence-electron chi connectivity index (χ4n) is 4.24. The van der Waals surface area contributed by atoms with Crippen LogP contribution < -0.4 is 15.1 Å². The van der Waals surface area contributed by atoms with Gasteiger partial charge in [0.2, 0.25) is 5.76 Å². The molecule has 0 N–H and O–H groups in total. The zero-order valence-electron chi connectivity index (χ0n) is 18.3. The van der Waals surface area contributed by atoms with Gasteiger partial charge in [-0.25, -0.2) is 4.98 Å². The van der Waals surface area contributed by atoms with Crippen molar-refractivity contribution in [2.45, 2.75) is 26.8 Å². The molecule has 0 aliphatic carbocycles. The first-order valence-corrected chi connectivity index (χ1v) is 10.4. The lowest BCUT2D eigenvalue weighted by Crippen LogP contribution is -2.30. The predicted octanol–water partition coefficient (Wildman–Crippen LogP) is 4.87. The molecule has 6 nitrogen and oxygen atoms in total. The summed E-state index contributed by atoms with van der Waals surface area (Å²) in [5, 5.41) is 0.464. The first-order valence-electron chi connectivity index (χ1n) is 10.4. The first-order chi connectivity index (χ1) is 15.4. The summed E-state index contributed by atoms with van der Waals surface area (Å²) < 4.78 is 11.5. The summed E-state index contributed by atoms with van der Waals surface area (Å²) >= 11 is 0. The van der Waals surface area contributed by atoms with Crippen LogP contribution in [0.3, 0.4) is 0 Å². The summed E-state index contributed by atoms with van der Waals surface area (Å²) in [5.41, 5.74) is 4.21. The molecule has 1 aliphatic rings. The highest BCUT2D eigenvalue weighted by Gasteiger charge is 2.44. The quantitative estimate of drug-likeness (QED) is 0.467. The summed E-state index contributed by atoms with van der Waals surface area (Å²) in [6, 6.07) is 14.0. The van der Waals surface area contributed by atoms with E-state index in [4.69, 9.17) is 9.15 Å². The Labute approximate surface area is 185 Å². The topological polar surface area (TPSA) is 72.6 Å². The zero-order valence-corrected chi connectivity index (χ0v) is 18.3. The Morgan fingerprint density at radius 2 is 1.78 bits per heavy atom. The van der Waals surface area contributed by atoms with E-state index in [1.54, 1.807) is 13.3 Å². The van der Waals surface area contributed by atoms with Gasteiger partial charge >= 0.3 is 0 Å². The summed E-state index contributed by atoms with van der Waals surface area (Å²) in [4.78, 5) is 33.3. The van der Waals surface area contributed by atoms with Gasteiger partial charge in [0, 0.05) is 6.20 Å². The standard InChI is InChI=1S/C26H22N2O4/c1-14-8-9-27-21(10-14)28-23(17-6-5-7-18(13-17)31-4)22-24(29)19-11-15(2)16(3)12-20(19)32-25(22)26(28)30/h5-13,23H,1-4H3. The molecule has 0 fully saturated rings. The van der Waals surface area contributed by atoms with E-state index in [0.29, 0.717) is 28.1 Å². The van der Waals surface area contributed by atoms with Crippen molar-refractivity contribution in [3.8, 4) is 5.75 Å². The van der Waals surface area contributed by atoms with Crippen LogP contribution >= 0.6 is 0 Å². The Morgan fingerprint density at radius 3 is 2.53 bits per heavy atom. The first kappa shape index (κ1) is 20.0. The third-order valence-electron chi connectivity index (χ3n) is 6.04. The van der Waals surface area contributed by atoms with Gasteiger partial charge in [0.05, 0.1) is 24.1 Å². The fourth-order valence-corrected chi connectivity index (χ4v) is 4.24. The number of hydrogen-bond donors (Lipinski definition) is 0. The minimum atomic E-state index is -0.677. The molecule has 2 aromatic carbocycles. The van der Waals surface area contributed by atoms with E-state index in [-0.39, 0.29) is 17.1 Å². The van der Waals surface area contributed by atoms with E-state index < -0.39 is 6.04 Å². The normalized spacial score (nSPS) is 15.3. The van der Waals surface area contributed by atoms with Crippen LogP contribution in [-0.4, -0.2) is 18.0 Å². The third kappa shape index (κ3) is 2.99. The lowest BCUT2D eigenvalue weighted by Gasteiger charge is -2.24. The molecule has 2 aromatic heterocycles. The summed E-state index contributed by atoms with van der Waals surface area (Å²) in [6.07, 6.45) is 1.65. The Bertz CT molecular complexity index is 1450. The van der Waals surface area contributed by atoms with Crippen LogP contribution in [0.1, 0.15) is 44.4 Å². The van der Waals surface area contributed by atoms with E-state index in [9.17, 15) is 9.59 Å². The van der Waals surface area contributed by atoms with Crippen molar-refractivity contribution in [3.63, 3.8) is 0 Å². The number of rotatable bonds is 3. The maximum atomic E-state index is 13.7. The van der Waals surface area contributed by atoms with Crippen LogP contribution in [0.2, 0.25) is 0 Å². The maximum absolute atomic E-state index is 13.7. The number of fused-ring (bicyclic) bond motifs is 2. The molecule has 6 heteroatoms. The number of aryl methyl sites for hydroxylation is 3. The second-order valence-electron chi connectivity index (χ2n) is 8.15.